The Morgan fingerprint density at radius 1 is 1.42 bits per heavy atom. The van der Waals surface area contributed by atoms with E-state index in [9.17, 15) is 9.90 Å². The zero-order chi connectivity index (χ0) is 13.0. The highest BCUT2D eigenvalue weighted by Crippen LogP contribution is 2.33. The first kappa shape index (κ1) is 16.7. The molecule has 4 nitrogen and oxygen atoms in total. The third-order valence-electron chi connectivity index (χ3n) is 4.31. The summed E-state index contributed by atoms with van der Waals surface area (Å²) in [5.41, 5.74) is 0. The van der Waals surface area contributed by atoms with Gasteiger partial charge in [0.05, 0.1) is 12.1 Å². The first-order chi connectivity index (χ1) is 8.70. The van der Waals surface area contributed by atoms with E-state index in [0.717, 1.165) is 19.3 Å². The molecule has 0 aromatic heterocycles. The molecule has 1 amide bonds. The molecule has 19 heavy (non-hydrogen) atoms. The van der Waals surface area contributed by atoms with Gasteiger partial charge in [-0.2, -0.15) is 0 Å². The zero-order valence-electron chi connectivity index (χ0n) is 11.7. The molecule has 3 N–H and O–H groups in total. The number of carbonyl (C=O) groups is 1. The van der Waals surface area contributed by atoms with Crippen molar-refractivity contribution in [2.45, 2.75) is 70.1 Å². The molecule has 1 heterocycles. The van der Waals surface area contributed by atoms with E-state index in [1.807, 2.05) is 6.92 Å². The monoisotopic (exact) mass is 290 g/mol. The van der Waals surface area contributed by atoms with E-state index >= 15 is 0 Å². The molecule has 1 aliphatic carbocycles. The van der Waals surface area contributed by atoms with E-state index in [1.165, 1.54) is 25.7 Å². The van der Waals surface area contributed by atoms with Gasteiger partial charge in [0.1, 0.15) is 0 Å². The number of fused-ring (bicyclic) bond motifs is 1. The van der Waals surface area contributed by atoms with Crippen molar-refractivity contribution >= 4 is 18.3 Å². The second-order valence-corrected chi connectivity index (χ2v) is 5.79. The second kappa shape index (κ2) is 8.08. The molecule has 1 saturated heterocycles. The molecule has 4 atom stereocenters. The molecule has 0 aromatic carbocycles. The summed E-state index contributed by atoms with van der Waals surface area (Å²) in [6.07, 6.45) is 7.35. The smallest absolute Gasteiger partial charge is 0.237 e. The lowest BCUT2D eigenvalue weighted by atomic mass is 9.85. The molecule has 0 aromatic rings. The lowest BCUT2D eigenvalue weighted by Crippen LogP contribution is -2.45. The van der Waals surface area contributed by atoms with Crippen molar-refractivity contribution in [3.05, 3.63) is 0 Å². The van der Waals surface area contributed by atoms with Gasteiger partial charge in [-0.25, -0.2) is 0 Å². The molecule has 4 unspecified atom stereocenters. The van der Waals surface area contributed by atoms with Crippen molar-refractivity contribution in [1.29, 1.82) is 0 Å². The Hall–Kier alpha value is -0.320. The SMILES string of the molecule is CCCC(O)CNC(=O)C1CC2CCCCC2N1.Cl. The maximum Gasteiger partial charge on any atom is 0.237 e. The summed E-state index contributed by atoms with van der Waals surface area (Å²) in [5, 5.41) is 15.9. The van der Waals surface area contributed by atoms with Crippen LogP contribution in [0.1, 0.15) is 51.9 Å². The molecule has 0 spiro atoms. The van der Waals surface area contributed by atoms with E-state index in [0.29, 0.717) is 18.5 Å². The first-order valence-electron chi connectivity index (χ1n) is 7.42. The Labute approximate surface area is 122 Å². The molecule has 2 fully saturated rings. The fourth-order valence-corrected chi connectivity index (χ4v) is 3.30. The number of rotatable bonds is 5. The molecular weight excluding hydrogens is 264 g/mol. The van der Waals surface area contributed by atoms with Crippen LogP contribution in [-0.2, 0) is 4.79 Å². The van der Waals surface area contributed by atoms with Gasteiger partial charge >= 0.3 is 0 Å². The Bertz CT molecular complexity index is 275. The van der Waals surface area contributed by atoms with Crippen LogP contribution in [0.2, 0.25) is 0 Å². The Morgan fingerprint density at radius 2 is 2.16 bits per heavy atom. The van der Waals surface area contributed by atoms with Gasteiger partial charge < -0.3 is 15.7 Å². The van der Waals surface area contributed by atoms with Gasteiger partial charge in [-0.3, -0.25) is 4.79 Å². The lowest BCUT2D eigenvalue weighted by Gasteiger charge is -2.24. The van der Waals surface area contributed by atoms with Crippen molar-refractivity contribution in [2.75, 3.05) is 6.54 Å². The van der Waals surface area contributed by atoms with Gasteiger partial charge in [0.25, 0.3) is 0 Å². The summed E-state index contributed by atoms with van der Waals surface area (Å²) in [6, 6.07) is 0.516. The molecule has 1 aliphatic heterocycles. The Kier molecular flexibility index (Phi) is 7.11. The number of hydrogen-bond donors (Lipinski definition) is 3. The number of nitrogens with one attached hydrogen (secondary N) is 2. The topological polar surface area (TPSA) is 61.4 Å². The lowest BCUT2D eigenvalue weighted by molar-refractivity contribution is -0.123. The molecule has 112 valence electrons. The third-order valence-corrected chi connectivity index (χ3v) is 4.31. The Balaban J connectivity index is 0.00000180. The number of halogens is 1. The minimum atomic E-state index is -0.400. The average molecular weight is 291 g/mol. The van der Waals surface area contributed by atoms with Gasteiger partial charge in [0.15, 0.2) is 0 Å². The molecule has 0 bridgehead atoms. The van der Waals surface area contributed by atoms with E-state index < -0.39 is 6.10 Å². The van der Waals surface area contributed by atoms with Crippen LogP contribution in [0.5, 0.6) is 0 Å². The van der Waals surface area contributed by atoms with Gasteiger partial charge in [-0.15, -0.1) is 12.4 Å². The number of aliphatic hydroxyl groups excluding tert-OH is 1. The maximum absolute atomic E-state index is 12.0. The van der Waals surface area contributed by atoms with Crippen LogP contribution >= 0.6 is 12.4 Å². The molecule has 2 aliphatic rings. The Morgan fingerprint density at radius 3 is 2.84 bits per heavy atom. The van der Waals surface area contributed by atoms with Crippen LogP contribution in [0.25, 0.3) is 0 Å². The molecule has 0 radical (unpaired) electrons. The standard InChI is InChI=1S/C14H26N2O2.ClH/c1-2-5-11(17)9-15-14(18)13-8-10-6-3-4-7-12(10)16-13;/h10-13,16-17H,2-9H2,1H3,(H,15,18);1H. The van der Waals surface area contributed by atoms with E-state index in [4.69, 9.17) is 0 Å². The highest BCUT2D eigenvalue weighted by molar-refractivity contribution is 5.85. The highest BCUT2D eigenvalue weighted by Gasteiger charge is 2.38. The molecule has 5 heteroatoms. The summed E-state index contributed by atoms with van der Waals surface area (Å²) in [4.78, 5) is 12.0. The first-order valence-corrected chi connectivity index (χ1v) is 7.42. The molecule has 1 saturated carbocycles. The van der Waals surface area contributed by atoms with Gasteiger partial charge in [0, 0.05) is 12.6 Å². The number of hydrogen-bond acceptors (Lipinski definition) is 3. The van der Waals surface area contributed by atoms with Crippen molar-refractivity contribution in [3.8, 4) is 0 Å². The van der Waals surface area contributed by atoms with Crippen LogP contribution in [0, 0.1) is 5.92 Å². The zero-order valence-corrected chi connectivity index (χ0v) is 12.5. The van der Waals surface area contributed by atoms with E-state index in [2.05, 4.69) is 10.6 Å². The van der Waals surface area contributed by atoms with Gasteiger partial charge in [-0.1, -0.05) is 26.2 Å². The summed E-state index contributed by atoms with van der Waals surface area (Å²) >= 11 is 0. The van der Waals surface area contributed by atoms with Crippen LogP contribution in [-0.4, -0.2) is 35.7 Å². The summed E-state index contributed by atoms with van der Waals surface area (Å²) < 4.78 is 0. The van der Waals surface area contributed by atoms with Crippen LogP contribution in [0.3, 0.4) is 0 Å². The summed E-state index contributed by atoms with van der Waals surface area (Å²) in [5.74, 6) is 0.759. The maximum atomic E-state index is 12.0. The number of aliphatic hydroxyl groups is 1. The van der Waals surface area contributed by atoms with Gasteiger partial charge in [-0.05, 0) is 31.6 Å². The fourth-order valence-electron chi connectivity index (χ4n) is 3.30. The van der Waals surface area contributed by atoms with E-state index in [-0.39, 0.29) is 24.4 Å². The van der Waals surface area contributed by atoms with Crippen molar-refractivity contribution in [1.82, 2.24) is 10.6 Å². The van der Waals surface area contributed by atoms with E-state index in [1.54, 1.807) is 0 Å². The quantitative estimate of drug-likeness (QED) is 0.721. The fraction of sp³-hybridized carbons (Fsp3) is 0.929. The molecular formula is C14H27ClN2O2. The number of amides is 1. The van der Waals surface area contributed by atoms with Crippen molar-refractivity contribution in [2.24, 2.45) is 5.92 Å². The normalized spacial score (nSPS) is 31.2. The molecule has 2 rings (SSSR count). The van der Waals surface area contributed by atoms with Crippen LogP contribution in [0.4, 0.5) is 0 Å². The van der Waals surface area contributed by atoms with Crippen LogP contribution in [0.15, 0.2) is 0 Å². The van der Waals surface area contributed by atoms with Crippen molar-refractivity contribution < 1.29 is 9.90 Å². The third kappa shape index (κ3) is 4.62. The average Bonchev–Trinajstić information content (AvgIpc) is 2.80. The highest BCUT2D eigenvalue weighted by atomic mass is 35.5. The minimum absolute atomic E-state index is 0. The van der Waals surface area contributed by atoms with Crippen molar-refractivity contribution in [3.63, 3.8) is 0 Å². The predicted molar refractivity (Wildman–Crippen MR) is 78.5 cm³/mol. The van der Waals surface area contributed by atoms with Gasteiger partial charge in [0.2, 0.25) is 5.91 Å². The van der Waals surface area contributed by atoms with Crippen LogP contribution < -0.4 is 10.6 Å². The summed E-state index contributed by atoms with van der Waals surface area (Å²) in [7, 11) is 0. The number of carbonyl (C=O) groups excluding carboxylic acids is 1. The largest absolute Gasteiger partial charge is 0.391 e. The predicted octanol–water partition coefficient (Wildman–Crippen LogP) is 1.61. The summed E-state index contributed by atoms with van der Waals surface area (Å²) in [6.45, 7) is 2.43. The second-order valence-electron chi connectivity index (χ2n) is 5.79. The minimum Gasteiger partial charge on any atom is -0.391 e.